The third-order valence-electron chi connectivity index (χ3n) is 6.50. The van der Waals surface area contributed by atoms with E-state index in [1.54, 1.807) is 11.3 Å². The Morgan fingerprint density at radius 1 is 1.04 bits per heavy atom. The highest BCUT2D eigenvalue weighted by atomic mass is 32.1. The van der Waals surface area contributed by atoms with Gasteiger partial charge in [-0.15, -0.1) is 0 Å². The Morgan fingerprint density at radius 3 is 2.58 bits per heavy atom. The van der Waals surface area contributed by atoms with Crippen LogP contribution in [0, 0.1) is 0 Å². The zero-order valence-corrected chi connectivity index (χ0v) is 16.2. The maximum Gasteiger partial charge on any atom is 0.143 e. The molecule has 4 heteroatoms. The van der Waals surface area contributed by atoms with Crippen molar-refractivity contribution in [2.45, 2.75) is 63.8 Å². The van der Waals surface area contributed by atoms with Crippen molar-refractivity contribution in [3.05, 3.63) is 40.6 Å². The number of fused-ring (bicyclic) bond motifs is 3. The van der Waals surface area contributed by atoms with E-state index < -0.39 is 0 Å². The third kappa shape index (κ3) is 2.69. The van der Waals surface area contributed by atoms with E-state index in [0.717, 1.165) is 44.7 Å². The summed E-state index contributed by atoms with van der Waals surface area (Å²) in [5, 5.41) is 1.45. The summed E-state index contributed by atoms with van der Waals surface area (Å²) in [5.74, 6) is 0.985. The summed E-state index contributed by atoms with van der Waals surface area (Å²) in [6.07, 6.45) is 10.9. The van der Waals surface area contributed by atoms with Gasteiger partial charge in [0, 0.05) is 54.3 Å². The predicted octanol–water partition coefficient (Wildman–Crippen LogP) is 5.63. The Hall–Kier alpha value is -1.39. The minimum atomic E-state index is 0.570. The second kappa shape index (κ2) is 6.97. The zero-order valence-electron chi connectivity index (χ0n) is 15.3. The lowest BCUT2D eigenvalue weighted by molar-refractivity contribution is 0.0699. The summed E-state index contributed by atoms with van der Waals surface area (Å²) in [7, 11) is 0. The number of aryl methyl sites for hydroxylation is 1. The number of ether oxygens (including phenoxy) is 1. The lowest BCUT2D eigenvalue weighted by atomic mass is 9.89. The molecule has 0 radical (unpaired) electrons. The van der Waals surface area contributed by atoms with Gasteiger partial charge in [-0.25, -0.2) is 0 Å². The van der Waals surface area contributed by atoms with Crippen molar-refractivity contribution in [2.75, 3.05) is 13.2 Å². The van der Waals surface area contributed by atoms with Crippen LogP contribution in [-0.4, -0.2) is 17.8 Å². The third-order valence-corrected chi connectivity index (χ3v) is 6.68. The number of thiol groups is 1. The van der Waals surface area contributed by atoms with Gasteiger partial charge in [0.1, 0.15) is 5.76 Å². The smallest absolute Gasteiger partial charge is 0.143 e. The van der Waals surface area contributed by atoms with E-state index >= 15 is 0 Å². The molecule has 2 heterocycles. The lowest BCUT2D eigenvalue weighted by Gasteiger charge is -2.28. The molecule has 0 amide bonds. The highest BCUT2D eigenvalue weighted by molar-refractivity contribution is 7.75. The van der Waals surface area contributed by atoms with Gasteiger partial charge < -0.3 is 13.5 Å². The lowest BCUT2D eigenvalue weighted by Crippen LogP contribution is -2.22. The second-order valence-corrected chi connectivity index (χ2v) is 8.14. The molecule has 0 N–H and O–H groups in total. The minimum absolute atomic E-state index is 0.570. The Kier molecular flexibility index (Phi) is 4.49. The van der Waals surface area contributed by atoms with E-state index in [1.807, 2.05) is 0 Å². The number of hydrogen-bond acceptors (Lipinski definition) is 3. The Labute approximate surface area is 161 Å². The van der Waals surface area contributed by atoms with Gasteiger partial charge in [0.05, 0.1) is 0 Å². The number of aromatic nitrogens is 1. The van der Waals surface area contributed by atoms with Crippen molar-refractivity contribution in [2.24, 2.45) is 0 Å². The van der Waals surface area contributed by atoms with E-state index in [2.05, 4.69) is 35.7 Å². The summed E-state index contributed by atoms with van der Waals surface area (Å²) in [5.41, 5.74) is 7.16. The molecule has 26 heavy (non-hydrogen) atoms. The maximum absolute atomic E-state index is 5.64. The van der Waals surface area contributed by atoms with Gasteiger partial charge in [0.25, 0.3) is 0 Å². The van der Waals surface area contributed by atoms with Crippen molar-refractivity contribution in [3.8, 4) is 0 Å². The van der Waals surface area contributed by atoms with Crippen LogP contribution < -0.4 is 0 Å². The van der Waals surface area contributed by atoms with Gasteiger partial charge in [-0.2, -0.15) is 0 Å². The van der Waals surface area contributed by atoms with Gasteiger partial charge in [0.15, 0.2) is 0 Å². The standard InChI is InChI=1S/C22H27NO2S/c26-25-22(15-4-3-5-15)16-8-9-19-18-6-1-2-7-20(18)23(21(19)14-16)17-10-12-24-13-11-17/h8-9,14,17,26H,1-7,10-13H2. The molecular formula is C22H27NO2S. The van der Waals surface area contributed by atoms with Crippen LogP contribution in [0.4, 0.5) is 0 Å². The molecule has 3 nitrogen and oxygen atoms in total. The summed E-state index contributed by atoms with van der Waals surface area (Å²) in [6, 6.07) is 7.50. The van der Waals surface area contributed by atoms with Crippen LogP contribution in [-0.2, 0) is 21.8 Å². The van der Waals surface area contributed by atoms with E-state index in [4.69, 9.17) is 8.92 Å². The first-order valence-electron chi connectivity index (χ1n) is 10.1. The van der Waals surface area contributed by atoms with Crippen LogP contribution in [0.5, 0.6) is 0 Å². The van der Waals surface area contributed by atoms with Crippen LogP contribution in [0.2, 0.25) is 0 Å². The molecule has 138 valence electrons. The highest BCUT2D eigenvalue weighted by Gasteiger charge is 2.27. The SMILES string of the molecule is SOC(=C1CCC1)c1ccc2c3c(n(C4CCOCC4)c2c1)CCCC3. The second-order valence-electron chi connectivity index (χ2n) is 7.96. The van der Waals surface area contributed by atoms with Crippen LogP contribution in [0.25, 0.3) is 16.7 Å². The van der Waals surface area contributed by atoms with Crippen LogP contribution >= 0.6 is 12.9 Å². The molecule has 0 spiro atoms. The molecule has 2 aromatic rings. The quantitative estimate of drug-likeness (QED) is 0.431. The number of allylic oxidation sites excluding steroid dienone is 1. The number of nitrogens with zero attached hydrogens (tertiary/aromatic N) is 1. The average Bonchev–Trinajstić information content (AvgIpc) is 2.98. The fourth-order valence-electron chi connectivity index (χ4n) is 4.98. The fourth-order valence-corrected chi connectivity index (χ4v) is 5.22. The van der Waals surface area contributed by atoms with Crippen molar-refractivity contribution in [1.82, 2.24) is 4.57 Å². The Balaban J connectivity index is 1.68. The Morgan fingerprint density at radius 2 is 1.85 bits per heavy atom. The first kappa shape index (κ1) is 16.8. The van der Waals surface area contributed by atoms with Crippen LogP contribution in [0.3, 0.4) is 0 Å². The molecule has 2 aliphatic carbocycles. The minimum Gasteiger partial charge on any atom is -0.428 e. The number of rotatable bonds is 3. The largest absolute Gasteiger partial charge is 0.428 e. The number of hydrogen-bond donors (Lipinski definition) is 1. The molecule has 3 aliphatic rings. The molecule has 0 unspecified atom stereocenters. The van der Waals surface area contributed by atoms with Gasteiger partial charge in [-0.1, -0.05) is 12.1 Å². The van der Waals surface area contributed by atoms with E-state index in [0.29, 0.717) is 6.04 Å². The van der Waals surface area contributed by atoms with Crippen molar-refractivity contribution < 1.29 is 8.92 Å². The zero-order chi connectivity index (χ0) is 17.5. The Bertz CT molecular complexity index is 855. The van der Waals surface area contributed by atoms with Gasteiger partial charge in [-0.05, 0) is 75.0 Å². The highest BCUT2D eigenvalue weighted by Crippen LogP contribution is 2.40. The van der Waals surface area contributed by atoms with Gasteiger partial charge in [-0.3, -0.25) is 0 Å². The predicted molar refractivity (Wildman–Crippen MR) is 109 cm³/mol. The van der Waals surface area contributed by atoms with Crippen LogP contribution in [0.1, 0.15) is 67.8 Å². The molecule has 5 rings (SSSR count). The molecule has 0 bridgehead atoms. The summed E-state index contributed by atoms with van der Waals surface area (Å²) in [4.78, 5) is 0. The van der Waals surface area contributed by atoms with Crippen molar-refractivity contribution >= 4 is 29.6 Å². The average molecular weight is 370 g/mol. The van der Waals surface area contributed by atoms with Gasteiger partial charge >= 0.3 is 0 Å². The van der Waals surface area contributed by atoms with Gasteiger partial charge in [0.2, 0.25) is 0 Å². The van der Waals surface area contributed by atoms with E-state index in [1.165, 1.54) is 54.1 Å². The van der Waals surface area contributed by atoms with Crippen LogP contribution in [0.15, 0.2) is 23.8 Å². The molecule has 1 aliphatic heterocycles. The topological polar surface area (TPSA) is 23.4 Å². The fraction of sp³-hybridized carbons (Fsp3) is 0.545. The molecule has 1 aromatic heterocycles. The molecule has 2 fully saturated rings. The van der Waals surface area contributed by atoms with Crippen molar-refractivity contribution in [3.63, 3.8) is 0 Å². The summed E-state index contributed by atoms with van der Waals surface area (Å²) >= 11 is 4.17. The molecule has 1 saturated carbocycles. The molecule has 1 aromatic carbocycles. The number of benzene rings is 1. The van der Waals surface area contributed by atoms with E-state index in [-0.39, 0.29) is 0 Å². The summed E-state index contributed by atoms with van der Waals surface area (Å²) < 4.78 is 13.8. The van der Waals surface area contributed by atoms with E-state index in [9.17, 15) is 0 Å². The monoisotopic (exact) mass is 369 g/mol. The molecule has 1 saturated heterocycles. The van der Waals surface area contributed by atoms with Crippen molar-refractivity contribution in [1.29, 1.82) is 0 Å². The maximum atomic E-state index is 5.64. The summed E-state index contributed by atoms with van der Waals surface area (Å²) in [6.45, 7) is 1.77. The first-order chi connectivity index (χ1) is 12.9. The molecular weight excluding hydrogens is 342 g/mol. The normalized spacial score (nSPS) is 20.7. The first-order valence-corrected chi connectivity index (χ1v) is 10.5. The molecule has 0 atom stereocenters.